The Bertz CT molecular complexity index is 539. The van der Waals surface area contributed by atoms with E-state index in [0.29, 0.717) is 16.6 Å². The van der Waals surface area contributed by atoms with Crippen molar-refractivity contribution in [1.82, 2.24) is 9.71 Å². The molecule has 1 aromatic heterocycles. The van der Waals surface area contributed by atoms with E-state index in [9.17, 15) is 13.2 Å². The highest BCUT2D eigenvalue weighted by atomic mass is 32.3. The fourth-order valence-electron chi connectivity index (χ4n) is 1.25. The van der Waals surface area contributed by atoms with Gasteiger partial charge in [-0.1, -0.05) is 23.1 Å². The van der Waals surface area contributed by atoms with Gasteiger partial charge in [0.15, 0.2) is 8.55 Å². The van der Waals surface area contributed by atoms with Crippen LogP contribution in [0.4, 0.5) is 0 Å². The normalized spacial score (nSPS) is 11.5. The van der Waals surface area contributed by atoms with Crippen LogP contribution in [0.25, 0.3) is 0 Å². The Morgan fingerprint density at radius 1 is 1.53 bits per heavy atom. The number of aryl methyl sites for hydroxylation is 1. The quantitative estimate of drug-likeness (QED) is 0.603. The molecule has 0 aliphatic heterocycles. The molecule has 1 rings (SSSR count). The third kappa shape index (κ3) is 4.75. The number of carbonyl (C=O) groups is 1. The van der Waals surface area contributed by atoms with E-state index in [1.165, 1.54) is 11.8 Å². The van der Waals surface area contributed by atoms with E-state index < -0.39 is 15.9 Å². The molecule has 0 spiro atoms. The number of thiazole rings is 1. The van der Waals surface area contributed by atoms with Gasteiger partial charge in [-0.2, -0.15) is 0 Å². The molecule has 0 aliphatic rings. The van der Waals surface area contributed by atoms with E-state index >= 15 is 0 Å². The van der Waals surface area contributed by atoms with Gasteiger partial charge in [0.2, 0.25) is 5.91 Å². The lowest BCUT2D eigenvalue weighted by Gasteiger charge is -2.05. The van der Waals surface area contributed by atoms with Crippen molar-refractivity contribution in [2.75, 3.05) is 19.5 Å². The number of nitrogens with zero attached hydrogens (tertiary/aromatic N) is 1. The average Bonchev–Trinajstić information content (AvgIpc) is 2.71. The minimum atomic E-state index is -3.83. The summed E-state index contributed by atoms with van der Waals surface area (Å²) in [7, 11) is -3.83. The maximum Gasteiger partial charge on any atom is 0.275 e. The van der Waals surface area contributed by atoms with Gasteiger partial charge in [-0.3, -0.25) is 4.79 Å². The smallest absolute Gasteiger partial charge is 0.275 e. The van der Waals surface area contributed by atoms with Crippen LogP contribution in [0, 0.1) is 6.92 Å². The number of rotatable bonds is 7. The first-order chi connectivity index (χ1) is 8.90. The number of ether oxygens (including phenoxy) is 1. The molecule has 0 fully saturated rings. The van der Waals surface area contributed by atoms with Crippen LogP contribution in [0.2, 0.25) is 0 Å². The highest BCUT2D eigenvalue weighted by Gasteiger charge is 2.23. The second kappa shape index (κ2) is 7.22. The molecule has 9 heteroatoms. The minimum Gasteiger partial charge on any atom is -0.381 e. The van der Waals surface area contributed by atoms with Crippen molar-refractivity contribution in [2.45, 2.75) is 28.8 Å². The van der Waals surface area contributed by atoms with Gasteiger partial charge in [0.1, 0.15) is 0 Å². The van der Waals surface area contributed by atoms with Gasteiger partial charge in [0, 0.05) is 6.61 Å². The summed E-state index contributed by atoms with van der Waals surface area (Å²) in [5.41, 5.74) is 0.402. The van der Waals surface area contributed by atoms with E-state index in [1.807, 2.05) is 11.0 Å². The lowest BCUT2D eigenvalue weighted by Crippen LogP contribution is -2.31. The van der Waals surface area contributed by atoms with Gasteiger partial charge in [-0.05, 0) is 20.1 Å². The maximum absolute atomic E-state index is 12.0. The number of sulfonamides is 1. The standard InChI is InChI=1S/C10H16N2O4S3/c1-4-16-6-5-8(13)12-19(14,15)9-7(2)11-10(17-3)18-9/h4-6H2,1-3H3,(H,12,13). The van der Waals surface area contributed by atoms with Crippen LogP contribution < -0.4 is 4.72 Å². The molecular weight excluding hydrogens is 308 g/mol. The highest BCUT2D eigenvalue weighted by molar-refractivity contribution is 8.00. The van der Waals surface area contributed by atoms with Gasteiger partial charge in [-0.25, -0.2) is 18.1 Å². The Labute approximate surface area is 121 Å². The molecule has 0 atom stereocenters. The first kappa shape index (κ1) is 16.4. The van der Waals surface area contributed by atoms with Gasteiger partial charge in [0.25, 0.3) is 10.0 Å². The summed E-state index contributed by atoms with van der Waals surface area (Å²) in [4.78, 5) is 15.6. The minimum absolute atomic E-state index is 0.0142. The summed E-state index contributed by atoms with van der Waals surface area (Å²) < 4.78 is 31.8. The molecule has 0 aromatic carbocycles. The van der Waals surface area contributed by atoms with Crippen molar-refractivity contribution in [3.8, 4) is 0 Å². The van der Waals surface area contributed by atoms with Crippen molar-refractivity contribution in [1.29, 1.82) is 0 Å². The Hall–Kier alpha value is -0.640. The lowest BCUT2D eigenvalue weighted by molar-refractivity contribution is -0.120. The van der Waals surface area contributed by atoms with Crippen LogP contribution in [-0.4, -0.2) is 38.8 Å². The number of nitrogens with one attached hydrogen (secondary N) is 1. The van der Waals surface area contributed by atoms with Crippen molar-refractivity contribution in [3.05, 3.63) is 5.69 Å². The van der Waals surface area contributed by atoms with Crippen molar-refractivity contribution in [3.63, 3.8) is 0 Å². The molecule has 108 valence electrons. The van der Waals surface area contributed by atoms with Gasteiger partial charge in [0.05, 0.1) is 18.7 Å². The lowest BCUT2D eigenvalue weighted by atomic mass is 10.4. The van der Waals surface area contributed by atoms with Crippen molar-refractivity contribution >= 4 is 39.0 Å². The Morgan fingerprint density at radius 2 is 2.21 bits per heavy atom. The van der Waals surface area contributed by atoms with E-state index in [-0.39, 0.29) is 17.2 Å². The van der Waals surface area contributed by atoms with Crippen LogP contribution in [-0.2, 0) is 19.6 Å². The molecule has 0 saturated heterocycles. The Kier molecular flexibility index (Phi) is 6.24. The molecule has 1 aromatic rings. The molecular formula is C10H16N2O4S3. The molecule has 1 heterocycles. The third-order valence-corrected chi connectivity index (χ3v) is 6.20. The van der Waals surface area contributed by atoms with Crippen LogP contribution in [0.5, 0.6) is 0 Å². The fourth-order valence-corrected chi connectivity index (χ4v) is 4.49. The van der Waals surface area contributed by atoms with Crippen LogP contribution in [0.3, 0.4) is 0 Å². The summed E-state index contributed by atoms with van der Waals surface area (Å²) in [6.07, 6.45) is 1.83. The Balaban J connectivity index is 2.75. The number of amides is 1. The topological polar surface area (TPSA) is 85.4 Å². The zero-order valence-electron chi connectivity index (χ0n) is 10.9. The molecule has 0 radical (unpaired) electrons. The summed E-state index contributed by atoms with van der Waals surface area (Å²) in [6, 6.07) is 0. The predicted octanol–water partition coefficient (Wildman–Crippen LogP) is 1.40. The highest BCUT2D eigenvalue weighted by Crippen LogP contribution is 2.28. The fraction of sp³-hybridized carbons (Fsp3) is 0.600. The van der Waals surface area contributed by atoms with E-state index in [0.717, 1.165) is 11.3 Å². The van der Waals surface area contributed by atoms with E-state index in [4.69, 9.17) is 4.74 Å². The number of carbonyl (C=O) groups excluding carboxylic acids is 1. The third-order valence-electron chi connectivity index (χ3n) is 2.08. The SMILES string of the molecule is CCOCCC(=O)NS(=O)(=O)c1sc(SC)nc1C. The van der Waals surface area contributed by atoms with Crippen LogP contribution in [0.1, 0.15) is 19.0 Å². The van der Waals surface area contributed by atoms with Gasteiger partial charge >= 0.3 is 0 Å². The zero-order chi connectivity index (χ0) is 14.5. The molecule has 6 nitrogen and oxygen atoms in total. The Morgan fingerprint density at radius 3 is 2.74 bits per heavy atom. The van der Waals surface area contributed by atoms with Crippen LogP contribution >= 0.6 is 23.1 Å². The molecule has 0 bridgehead atoms. The molecule has 19 heavy (non-hydrogen) atoms. The summed E-state index contributed by atoms with van der Waals surface area (Å²) in [6.45, 7) is 4.11. The molecule has 0 aliphatic carbocycles. The predicted molar refractivity (Wildman–Crippen MR) is 75.1 cm³/mol. The molecule has 0 saturated carbocycles. The monoisotopic (exact) mass is 324 g/mol. The maximum atomic E-state index is 12.0. The largest absolute Gasteiger partial charge is 0.381 e. The average molecular weight is 324 g/mol. The summed E-state index contributed by atoms with van der Waals surface area (Å²) in [5, 5.41) is 0. The number of aromatic nitrogens is 1. The van der Waals surface area contributed by atoms with E-state index in [2.05, 4.69) is 4.98 Å². The van der Waals surface area contributed by atoms with Crippen molar-refractivity contribution < 1.29 is 17.9 Å². The molecule has 1 N–H and O–H groups in total. The number of hydrogen-bond donors (Lipinski definition) is 1. The second-order valence-electron chi connectivity index (χ2n) is 3.53. The van der Waals surface area contributed by atoms with Crippen LogP contribution in [0.15, 0.2) is 8.55 Å². The van der Waals surface area contributed by atoms with E-state index in [1.54, 1.807) is 13.8 Å². The molecule has 1 amide bonds. The van der Waals surface area contributed by atoms with Crippen molar-refractivity contribution in [2.24, 2.45) is 0 Å². The zero-order valence-corrected chi connectivity index (χ0v) is 13.4. The molecule has 0 unspecified atom stereocenters. The van der Waals surface area contributed by atoms with Gasteiger partial charge < -0.3 is 4.74 Å². The number of hydrogen-bond acceptors (Lipinski definition) is 7. The van der Waals surface area contributed by atoms with Gasteiger partial charge in [-0.15, -0.1) is 0 Å². The summed E-state index contributed by atoms with van der Waals surface area (Å²) in [5.74, 6) is -0.577. The first-order valence-electron chi connectivity index (χ1n) is 5.55. The second-order valence-corrected chi connectivity index (χ2v) is 7.46. The number of thioether (sulfide) groups is 1. The summed E-state index contributed by atoms with van der Waals surface area (Å²) >= 11 is 2.42. The first-order valence-corrected chi connectivity index (χ1v) is 9.08.